The Bertz CT molecular complexity index is 582. The van der Waals surface area contributed by atoms with Gasteiger partial charge in [-0.3, -0.25) is 0 Å². The van der Waals surface area contributed by atoms with Crippen molar-refractivity contribution in [2.75, 3.05) is 0 Å². The molecule has 1 aromatic heterocycles. The molecule has 2 aromatic rings. The van der Waals surface area contributed by atoms with Gasteiger partial charge in [-0.05, 0) is 18.2 Å². The molecule has 0 unspecified atom stereocenters. The third kappa shape index (κ3) is 3.00. The highest BCUT2D eigenvalue weighted by atomic mass is 35.5. The minimum absolute atomic E-state index is 0.00217. The number of aromatic carboxylic acids is 1. The van der Waals surface area contributed by atoms with Crippen LogP contribution in [0.15, 0.2) is 29.6 Å². The quantitative estimate of drug-likeness (QED) is 0.929. The molecular weight excluding hydrogens is 279 g/mol. The number of thiophene rings is 1. The van der Waals surface area contributed by atoms with E-state index in [-0.39, 0.29) is 11.5 Å². The number of ether oxygens (including phenoxy) is 1. The van der Waals surface area contributed by atoms with E-state index in [0.29, 0.717) is 16.3 Å². The number of benzene rings is 1. The Kier molecular flexibility index (Phi) is 3.84. The lowest BCUT2D eigenvalue weighted by atomic mass is 10.2. The van der Waals surface area contributed by atoms with Crippen molar-refractivity contribution in [2.45, 2.75) is 6.61 Å². The van der Waals surface area contributed by atoms with Crippen LogP contribution in [0.2, 0.25) is 5.02 Å². The zero-order valence-electron chi connectivity index (χ0n) is 9.02. The lowest BCUT2D eigenvalue weighted by molar-refractivity contribution is 0.0702. The summed E-state index contributed by atoms with van der Waals surface area (Å²) < 4.78 is 18.7. The van der Waals surface area contributed by atoms with Crippen molar-refractivity contribution in [3.8, 4) is 5.75 Å². The van der Waals surface area contributed by atoms with Gasteiger partial charge in [0.15, 0.2) is 0 Å². The Hall–Kier alpha value is -1.59. The highest BCUT2D eigenvalue weighted by Gasteiger charge is 2.09. The fourth-order valence-electron chi connectivity index (χ4n) is 1.32. The molecular formula is C12H8ClFO3S. The van der Waals surface area contributed by atoms with Crippen molar-refractivity contribution in [3.63, 3.8) is 0 Å². The first kappa shape index (κ1) is 12.9. The van der Waals surface area contributed by atoms with Gasteiger partial charge in [0.25, 0.3) is 0 Å². The second kappa shape index (κ2) is 5.37. The van der Waals surface area contributed by atoms with E-state index in [1.54, 1.807) is 5.38 Å². The molecule has 0 amide bonds. The lowest BCUT2D eigenvalue weighted by Crippen LogP contribution is -1.98. The molecule has 0 radical (unpaired) electrons. The highest BCUT2D eigenvalue weighted by molar-refractivity contribution is 7.12. The summed E-state index contributed by atoms with van der Waals surface area (Å²) in [4.78, 5) is 10.8. The van der Waals surface area contributed by atoms with Crippen LogP contribution in [0.25, 0.3) is 0 Å². The summed E-state index contributed by atoms with van der Waals surface area (Å²) in [5.74, 6) is -1.02. The minimum Gasteiger partial charge on any atom is -0.488 e. The Labute approximate surface area is 111 Å². The van der Waals surface area contributed by atoms with Crippen LogP contribution in [0.5, 0.6) is 5.75 Å². The maximum atomic E-state index is 13.4. The molecule has 0 spiro atoms. The van der Waals surface area contributed by atoms with Crippen LogP contribution < -0.4 is 4.74 Å². The van der Waals surface area contributed by atoms with Crippen LogP contribution in [0, 0.1) is 5.82 Å². The molecule has 0 aliphatic carbocycles. The highest BCUT2D eigenvalue weighted by Crippen LogP contribution is 2.23. The number of carboxylic acid groups (broad SMARTS) is 1. The molecule has 0 aliphatic rings. The Balaban J connectivity index is 2.06. The minimum atomic E-state index is -1.01. The monoisotopic (exact) mass is 286 g/mol. The molecule has 0 bridgehead atoms. The van der Waals surface area contributed by atoms with Crippen molar-refractivity contribution >= 4 is 28.9 Å². The van der Waals surface area contributed by atoms with Gasteiger partial charge in [0.05, 0.1) is 0 Å². The first-order chi connectivity index (χ1) is 8.56. The van der Waals surface area contributed by atoms with Gasteiger partial charge in [0, 0.05) is 22.0 Å². The van der Waals surface area contributed by atoms with E-state index in [0.717, 1.165) is 11.3 Å². The fourth-order valence-corrected chi connectivity index (χ4v) is 2.18. The molecule has 0 atom stereocenters. The predicted molar refractivity (Wildman–Crippen MR) is 67.0 cm³/mol. The van der Waals surface area contributed by atoms with Gasteiger partial charge in [-0.2, -0.15) is 0 Å². The number of carboxylic acids is 1. The first-order valence-corrected chi connectivity index (χ1v) is 6.20. The van der Waals surface area contributed by atoms with Gasteiger partial charge in [0.1, 0.15) is 23.1 Å². The van der Waals surface area contributed by atoms with Crippen molar-refractivity contribution < 1.29 is 19.0 Å². The first-order valence-electron chi connectivity index (χ1n) is 4.95. The third-order valence-corrected chi connectivity index (χ3v) is 3.32. The average Bonchev–Trinajstić information content (AvgIpc) is 2.79. The maximum Gasteiger partial charge on any atom is 0.346 e. The number of hydrogen-bond donors (Lipinski definition) is 1. The Morgan fingerprint density at radius 2 is 2.22 bits per heavy atom. The molecule has 94 valence electrons. The molecule has 2 rings (SSSR count). The van der Waals surface area contributed by atoms with Gasteiger partial charge in [-0.25, -0.2) is 9.18 Å². The van der Waals surface area contributed by atoms with E-state index >= 15 is 0 Å². The van der Waals surface area contributed by atoms with E-state index in [1.165, 1.54) is 24.3 Å². The van der Waals surface area contributed by atoms with Crippen molar-refractivity contribution in [3.05, 3.63) is 50.9 Å². The van der Waals surface area contributed by atoms with E-state index in [1.807, 2.05) is 0 Å². The largest absolute Gasteiger partial charge is 0.488 e. The topological polar surface area (TPSA) is 46.5 Å². The zero-order chi connectivity index (χ0) is 13.1. The zero-order valence-corrected chi connectivity index (χ0v) is 10.6. The summed E-state index contributed by atoms with van der Waals surface area (Å²) in [6.07, 6.45) is 0. The Morgan fingerprint density at radius 1 is 1.44 bits per heavy atom. The fraction of sp³-hybridized carbons (Fsp3) is 0.0833. The van der Waals surface area contributed by atoms with Gasteiger partial charge in [0.2, 0.25) is 0 Å². The molecule has 3 nitrogen and oxygen atoms in total. The molecule has 1 aromatic carbocycles. The third-order valence-electron chi connectivity index (χ3n) is 2.19. The molecule has 0 saturated carbocycles. The van der Waals surface area contributed by atoms with Gasteiger partial charge >= 0.3 is 5.97 Å². The van der Waals surface area contributed by atoms with Crippen LogP contribution >= 0.6 is 22.9 Å². The Morgan fingerprint density at radius 3 is 2.89 bits per heavy atom. The molecule has 18 heavy (non-hydrogen) atoms. The summed E-state index contributed by atoms with van der Waals surface area (Å²) in [6.45, 7) is 0.00217. The van der Waals surface area contributed by atoms with Crippen LogP contribution in [0.4, 0.5) is 4.39 Å². The van der Waals surface area contributed by atoms with Crippen LogP contribution in [-0.4, -0.2) is 11.1 Å². The van der Waals surface area contributed by atoms with Crippen molar-refractivity contribution in [1.29, 1.82) is 0 Å². The SMILES string of the molecule is O=C(O)c1cc(OCc2cc(Cl)ccc2F)cs1. The normalized spacial score (nSPS) is 10.3. The molecule has 0 aliphatic heterocycles. The standard InChI is InChI=1S/C12H8ClFO3S/c13-8-1-2-10(14)7(3-8)5-17-9-4-11(12(15)16)18-6-9/h1-4,6H,5H2,(H,15,16). The number of hydrogen-bond acceptors (Lipinski definition) is 3. The van der Waals surface area contributed by atoms with E-state index in [4.69, 9.17) is 21.4 Å². The lowest BCUT2D eigenvalue weighted by Gasteiger charge is -2.05. The molecule has 1 N–H and O–H groups in total. The number of halogens is 2. The second-order valence-electron chi connectivity index (χ2n) is 3.48. The predicted octanol–water partition coefficient (Wildman–Crippen LogP) is 3.82. The van der Waals surface area contributed by atoms with Gasteiger partial charge in [-0.1, -0.05) is 11.6 Å². The summed E-state index contributed by atoms with van der Waals surface area (Å²) in [5, 5.41) is 10.7. The van der Waals surface area contributed by atoms with E-state index in [2.05, 4.69) is 0 Å². The summed E-state index contributed by atoms with van der Waals surface area (Å²) in [5.41, 5.74) is 0.325. The number of carbonyl (C=O) groups is 1. The maximum absolute atomic E-state index is 13.4. The van der Waals surface area contributed by atoms with Crippen LogP contribution in [-0.2, 0) is 6.61 Å². The van der Waals surface area contributed by atoms with Crippen LogP contribution in [0.3, 0.4) is 0 Å². The molecule has 0 saturated heterocycles. The summed E-state index contributed by atoms with van der Waals surface area (Å²) in [6, 6.07) is 5.58. The van der Waals surface area contributed by atoms with Gasteiger partial charge in [-0.15, -0.1) is 11.3 Å². The van der Waals surface area contributed by atoms with Crippen molar-refractivity contribution in [1.82, 2.24) is 0 Å². The summed E-state index contributed by atoms with van der Waals surface area (Å²) in [7, 11) is 0. The van der Waals surface area contributed by atoms with Crippen LogP contribution in [0.1, 0.15) is 15.2 Å². The van der Waals surface area contributed by atoms with E-state index in [9.17, 15) is 9.18 Å². The molecule has 0 fully saturated rings. The average molecular weight is 287 g/mol. The second-order valence-corrected chi connectivity index (χ2v) is 4.82. The number of rotatable bonds is 4. The molecule has 6 heteroatoms. The summed E-state index contributed by atoms with van der Waals surface area (Å²) >= 11 is 6.80. The molecule has 1 heterocycles. The van der Waals surface area contributed by atoms with E-state index < -0.39 is 11.8 Å². The smallest absolute Gasteiger partial charge is 0.346 e. The van der Waals surface area contributed by atoms with Crippen molar-refractivity contribution in [2.24, 2.45) is 0 Å². The van der Waals surface area contributed by atoms with Gasteiger partial charge < -0.3 is 9.84 Å².